The highest BCUT2D eigenvalue weighted by Gasteiger charge is 2.37. The van der Waals surface area contributed by atoms with Crippen LogP contribution in [0.2, 0.25) is 0 Å². The van der Waals surface area contributed by atoms with Crippen molar-refractivity contribution in [3.63, 3.8) is 0 Å². The molecule has 0 saturated carbocycles. The minimum Gasteiger partial charge on any atom is -0.497 e. The number of carbonyl (C=O) groups is 2. The van der Waals surface area contributed by atoms with Crippen molar-refractivity contribution in [1.29, 1.82) is 0 Å². The van der Waals surface area contributed by atoms with Gasteiger partial charge in [-0.3, -0.25) is 9.59 Å². The number of hydrogen-bond donors (Lipinski definition) is 1. The van der Waals surface area contributed by atoms with Crippen molar-refractivity contribution < 1.29 is 18.7 Å². The van der Waals surface area contributed by atoms with Crippen LogP contribution in [0, 0.1) is 6.92 Å². The molecule has 0 radical (unpaired) electrons. The molecule has 0 bridgehead atoms. The Morgan fingerprint density at radius 2 is 1.57 bits per heavy atom. The molecular weight excluding hydrogens is 438 g/mol. The minimum atomic E-state index is -0.400. The van der Waals surface area contributed by atoms with Crippen LogP contribution in [-0.4, -0.2) is 25.3 Å². The number of hydrogen-bond acceptors (Lipinski definition) is 4. The maximum absolute atomic E-state index is 12.6. The molecule has 0 spiro atoms. The number of methoxy groups -OCH3 is 1. The van der Waals surface area contributed by atoms with Crippen LogP contribution in [0.15, 0.2) is 52.9 Å². The molecule has 1 amide bonds. The van der Waals surface area contributed by atoms with E-state index in [1.807, 2.05) is 6.07 Å². The van der Waals surface area contributed by atoms with Crippen molar-refractivity contribution in [3.05, 3.63) is 87.9 Å². The van der Waals surface area contributed by atoms with Crippen molar-refractivity contribution in [2.75, 3.05) is 13.7 Å². The van der Waals surface area contributed by atoms with E-state index in [4.69, 9.17) is 9.15 Å². The van der Waals surface area contributed by atoms with Crippen LogP contribution in [0.3, 0.4) is 0 Å². The lowest BCUT2D eigenvalue weighted by molar-refractivity contribution is 0.0884. The van der Waals surface area contributed by atoms with E-state index in [-0.39, 0.29) is 28.9 Å². The van der Waals surface area contributed by atoms with Crippen LogP contribution in [0.1, 0.15) is 89.5 Å². The Kier molecular flexibility index (Phi) is 6.63. The number of Topliss-reactive ketones (excluding diaryl/α,β-unsaturated/α-hetero) is 1. The van der Waals surface area contributed by atoms with Crippen molar-refractivity contribution in [1.82, 2.24) is 5.32 Å². The van der Waals surface area contributed by atoms with E-state index in [0.29, 0.717) is 17.7 Å². The van der Waals surface area contributed by atoms with Crippen molar-refractivity contribution >= 4 is 11.7 Å². The number of furan rings is 1. The Bertz CT molecular complexity index is 1250. The number of rotatable bonds is 7. The van der Waals surface area contributed by atoms with Crippen LogP contribution in [0.4, 0.5) is 0 Å². The molecule has 0 unspecified atom stereocenters. The molecule has 0 fully saturated rings. The molecule has 5 heteroatoms. The average molecular weight is 474 g/mol. The molecule has 4 rings (SSSR count). The lowest BCUT2D eigenvalue weighted by Crippen LogP contribution is -2.34. The molecule has 1 aliphatic carbocycles. The summed E-state index contributed by atoms with van der Waals surface area (Å²) in [6.45, 7) is 11.4. The van der Waals surface area contributed by atoms with Gasteiger partial charge in [-0.2, -0.15) is 0 Å². The molecule has 1 aliphatic rings. The van der Waals surface area contributed by atoms with Crippen molar-refractivity contribution in [2.45, 2.75) is 64.7 Å². The number of nitrogens with one attached hydrogen (secondary N) is 1. The zero-order valence-electron chi connectivity index (χ0n) is 21.6. The summed E-state index contributed by atoms with van der Waals surface area (Å²) in [6.07, 6.45) is 2.97. The van der Waals surface area contributed by atoms with Crippen LogP contribution >= 0.6 is 0 Å². The third kappa shape index (κ3) is 5.19. The third-order valence-electron chi connectivity index (χ3n) is 7.38. The van der Waals surface area contributed by atoms with Crippen molar-refractivity contribution in [3.8, 4) is 5.75 Å². The molecule has 2 aromatic carbocycles. The number of ether oxygens (including phenoxy) is 1. The molecule has 1 N–H and O–H groups in total. The smallest absolute Gasteiger partial charge is 0.287 e. The fourth-order valence-electron chi connectivity index (χ4n) is 4.87. The van der Waals surface area contributed by atoms with E-state index < -0.39 is 5.91 Å². The summed E-state index contributed by atoms with van der Waals surface area (Å²) < 4.78 is 11.0. The highest BCUT2D eigenvalue weighted by molar-refractivity contribution is 6.01. The predicted molar refractivity (Wildman–Crippen MR) is 138 cm³/mol. The molecule has 0 saturated heterocycles. The maximum Gasteiger partial charge on any atom is 0.287 e. The average Bonchev–Trinajstić information content (AvgIpc) is 3.30. The van der Waals surface area contributed by atoms with Gasteiger partial charge in [0.25, 0.3) is 5.91 Å². The van der Waals surface area contributed by atoms with E-state index in [9.17, 15) is 9.59 Å². The van der Waals surface area contributed by atoms with Gasteiger partial charge in [-0.25, -0.2) is 0 Å². The van der Waals surface area contributed by atoms with E-state index in [0.717, 1.165) is 12.2 Å². The highest BCUT2D eigenvalue weighted by atomic mass is 16.5. The third-order valence-corrected chi connectivity index (χ3v) is 7.38. The van der Waals surface area contributed by atoms with E-state index >= 15 is 0 Å². The molecule has 184 valence electrons. The molecule has 0 atom stereocenters. The summed E-state index contributed by atoms with van der Waals surface area (Å²) in [4.78, 5) is 25.0. The van der Waals surface area contributed by atoms with Gasteiger partial charge < -0.3 is 14.5 Å². The number of benzene rings is 2. The standard InChI is InChI=1S/C30H35NO4/c1-19-15-24-25(30(4,5)14-13-29(24,2)3)17-21(19)16-23-11-12-27(35-23)28(33)31-18-26(32)20-7-9-22(34-6)10-8-20/h7-12,15,17H,13-14,16,18H2,1-6H3,(H,31,33). The molecule has 35 heavy (non-hydrogen) atoms. The lowest BCUT2D eigenvalue weighted by Gasteiger charge is -2.42. The Hall–Kier alpha value is -3.34. The molecule has 1 aromatic heterocycles. The normalized spacial score (nSPS) is 15.8. The minimum absolute atomic E-state index is 0.101. The summed E-state index contributed by atoms with van der Waals surface area (Å²) in [6, 6.07) is 15.0. The van der Waals surface area contributed by atoms with Crippen LogP contribution < -0.4 is 10.1 Å². The molecule has 0 aliphatic heterocycles. The van der Waals surface area contributed by atoms with Gasteiger partial charge in [-0.05, 0) is 89.2 Å². The second-order valence-electron chi connectivity index (χ2n) is 10.9. The predicted octanol–water partition coefficient (Wildman–Crippen LogP) is 6.15. The second kappa shape index (κ2) is 9.37. The van der Waals surface area contributed by atoms with Crippen LogP contribution in [0.5, 0.6) is 5.75 Å². The first-order chi connectivity index (χ1) is 16.5. The fraction of sp³-hybridized carbons (Fsp3) is 0.400. The van der Waals surface area contributed by atoms with Crippen LogP contribution in [0.25, 0.3) is 0 Å². The zero-order chi connectivity index (χ0) is 25.4. The number of amides is 1. The molecule has 5 nitrogen and oxygen atoms in total. The van der Waals surface area contributed by atoms with Gasteiger partial charge in [-0.1, -0.05) is 39.8 Å². The zero-order valence-corrected chi connectivity index (χ0v) is 21.6. The second-order valence-corrected chi connectivity index (χ2v) is 10.9. The van der Waals surface area contributed by atoms with Gasteiger partial charge in [0.05, 0.1) is 13.7 Å². The maximum atomic E-state index is 12.6. The first-order valence-corrected chi connectivity index (χ1v) is 12.2. The molecular formula is C30H35NO4. The topological polar surface area (TPSA) is 68.5 Å². The van der Waals surface area contributed by atoms with Gasteiger partial charge in [0, 0.05) is 12.0 Å². The van der Waals surface area contributed by atoms with Crippen LogP contribution in [-0.2, 0) is 17.3 Å². The summed E-state index contributed by atoms with van der Waals surface area (Å²) in [5.74, 6) is 1.04. The van der Waals surface area contributed by atoms with Gasteiger partial charge >= 0.3 is 0 Å². The van der Waals surface area contributed by atoms with Gasteiger partial charge in [0.15, 0.2) is 11.5 Å². The Labute approximate surface area is 207 Å². The number of carbonyl (C=O) groups excluding carboxylic acids is 2. The fourth-order valence-corrected chi connectivity index (χ4v) is 4.87. The summed E-state index contributed by atoms with van der Waals surface area (Å²) in [5.41, 5.74) is 6.13. The monoisotopic (exact) mass is 473 g/mol. The van der Waals surface area contributed by atoms with Crippen molar-refractivity contribution in [2.24, 2.45) is 0 Å². The molecule has 1 heterocycles. The lowest BCUT2D eigenvalue weighted by atomic mass is 9.62. The van der Waals surface area contributed by atoms with Gasteiger partial charge in [0.2, 0.25) is 0 Å². The number of fused-ring (bicyclic) bond motifs is 1. The Balaban J connectivity index is 1.44. The van der Waals surface area contributed by atoms with E-state index in [1.54, 1.807) is 37.4 Å². The summed E-state index contributed by atoms with van der Waals surface area (Å²) in [7, 11) is 1.57. The van der Waals surface area contributed by atoms with Gasteiger partial charge in [0.1, 0.15) is 11.5 Å². The summed E-state index contributed by atoms with van der Waals surface area (Å²) >= 11 is 0. The SMILES string of the molecule is COc1ccc(C(=O)CNC(=O)c2ccc(Cc3cc4c(cc3C)C(C)(C)CCC4(C)C)o2)cc1. The van der Waals surface area contributed by atoms with Gasteiger partial charge in [-0.15, -0.1) is 0 Å². The highest BCUT2D eigenvalue weighted by Crippen LogP contribution is 2.46. The quantitative estimate of drug-likeness (QED) is 0.418. The largest absolute Gasteiger partial charge is 0.497 e. The van der Waals surface area contributed by atoms with E-state index in [1.165, 1.54) is 28.7 Å². The van der Waals surface area contributed by atoms with E-state index in [2.05, 4.69) is 52.1 Å². The first-order valence-electron chi connectivity index (χ1n) is 12.2. The molecule has 3 aromatic rings. The Morgan fingerprint density at radius 3 is 2.20 bits per heavy atom. The summed E-state index contributed by atoms with van der Waals surface area (Å²) in [5, 5.41) is 2.66. The number of ketones is 1. The number of aryl methyl sites for hydroxylation is 1. The first kappa shape index (κ1) is 24.8. The Morgan fingerprint density at radius 1 is 0.943 bits per heavy atom.